The molecule has 0 aromatic rings. The summed E-state index contributed by atoms with van der Waals surface area (Å²) < 4.78 is 0. The molecule has 0 fully saturated rings. The standard InChI is InChI=1S/C14H27NO3/c1-6-7-8-9-13(2,3)10-15-11(16)14(4,5)12(17)18/h6-10H2,1-5H3,(H,15,16)(H,17,18). The highest BCUT2D eigenvalue weighted by molar-refractivity contribution is 6.00. The highest BCUT2D eigenvalue weighted by atomic mass is 16.4. The molecule has 0 bridgehead atoms. The first-order valence-electron chi connectivity index (χ1n) is 6.65. The lowest BCUT2D eigenvalue weighted by Crippen LogP contribution is -2.45. The van der Waals surface area contributed by atoms with Crippen LogP contribution in [-0.2, 0) is 9.59 Å². The molecule has 0 aliphatic carbocycles. The van der Waals surface area contributed by atoms with Gasteiger partial charge in [-0.05, 0) is 25.7 Å². The SMILES string of the molecule is CCCCCC(C)(C)CNC(=O)C(C)(C)C(=O)O. The molecule has 2 N–H and O–H groups in total. The van der Waals surface area contributed by atoms with Crippen molar-refractivity contribution in [3.05, 3.63) is 0 Å². The number of amides is 1. The Kier molecular flexibility index (Phi) is 6.36. The fraction of sp³-hybridized carbons (Fsp3) is 0.857. The molecule has 0 aromatic carbocycles. The normalized spacial score (nSPS) is 12.3. The zero-order chi connectivity index (χ0) is 14.4. The van der Waals surface area contributed by atoms with E-state index in [-0.39, 0.29) is 5.41 Å². The van der Waals surface area contributed by atoms with E-state index in [0.29, 0.717) is 6.54 Å². The number of hydrogen-bond donors (Lipinski definition) is 2. The van der Waals surface area contributed by atoms with Crippen LogP contribution in [0.15, 0.2) is 0 Å². The van der Waals surface area contributed by atoms with Crippen molar-refractivity contribution in [2.75, 3.05) is 6.54 Å². The summed E-state index contributed by atoms with van der Waals surface area (Å²) in [6.07, 6.45) is 4.54. The van der Waals surface area contributed by atoms with Gasteiger partial charge in [-0.1, -0.05) is 40.0 Å². The molecule has 0 saturated heterocycles. The van der Waals surface area contributed by atoms with Crippen molar-refractivity contribution in [1.29, 1.82) is 0 Å². The maximum atomic E-state index is 11.8. The van der Waals surface area contributed by atoms with Crippen LogP contribution in [0.25, 0.3) is 0 Å². The molecule has 0 spiro atoms. The fourth-order valence-electron chi connectivity index (χ4n) is 1.58. The fourth-order valence-corrected chi connectivity index (χ4v) is 1.58. The number of rotatable bonds is 8. The van der Waals surface area contributed by atoms with Crippen molar-refractivity contribution in [3.8, 4) is 0 Å². The molecular formula is C14H27NO3. The van der Waals surface area contributed by atoms with Gasteiger partial charge in [0.15, 0.2) is 0 Å². The number of carbonyl (C=O) groups excluding carboxylic acids is 1. The van der Waals surface area contributed by atoms with Crippen molar-refractivity contribution < 1.29 is 14.7 Å². The van der Waals surface area contributed by atoms with E-state index in [1.54, 1.807) is 0 Å². The summed E-state index contributed by atoms with van der Waals surface area (Å²) in [5.74, 6) is -1.51. The highest BCUT2D eigenvalue weighted by Gasteiger charge is 2.36. The maximum absolute atomic E-state index is 11.8. The Morgan fingerprint density at radius 2 is 1.67 bits per heavy atom. The number of nitrogens with one attached hydrogen (secondary N) is 1. The second-order valence-electron chi connectivity index (χ2n) is 6.23. The quantitative estimate of drug-likeness (QED) is 0.519. The topological polar surface area (TPSA) is 66.4 Å². The van der Waals surface area contributed by atoms with Gasteiger partial charge in [-0.2, -0.15) is 0 Å². The van der Waals surface area contributed by atoms with Gasteiger partial charge in [-0.3, -0.25) is 9.59 Å². The van der Waals surface area contributed by atoms with Crippen LogP contribution in [-0.4, -0.2) is 23.5 Å². The molecule has 4 nitrogen and oxygen atoms in total. The van der Waals surface area contributed by atoms with Gasteiger partial charge < -0.3 is 10.4 Å². The van der Waals surface area contributed by atoms with Crippen LogP contribution < -0.4 is 5.32 Å². The van der Waals surface area contributed by atoms with E-state index in [1.165, 1.54) is 26.7 Å². The molecule has 0 radical (unpaired) electrons. The van der Waals surface area contributed by atoms with Gasteiger partial charge in [0.05, 0.1) is 0 Å². The van der Waals surface area contributed by atoms with Crippen LogP contribution in [0.1, 0.15) is 60.3 Å². The number of carboxylic acid groups (broad SMARTS) is 1. The smallest absolute Gasteiger partial charge is 0.318 e. The summed E-state index contributed by atoms with van der Waals surface area (Å²) in [6, 6.07) is 0. The van der Waals surface area contributed by atoms with E-state index in [0.717, 1.165) is 12.8 Å². The van der Waals surface area contributed by atoms with Crippen LogP contribution in [0, 0.1) is 10.8 Å². The molecule has 0 heterocycles. The van der Waals surface area contributed by atoms with Gasteiger partial charge in [0.25, 0.3) is 0 Å². The van der Waals surface area contributed by atoms with Crippen LogP contribution in [0.5, 0.6) is 0 Å². The van der Waals surface area contributed by atoms with Gasteiger partial charge in [0.1, 0.15) is 5.41 Å². The Morgan fingerprint density at radius 1 is 1.11 bits per heavy atom. The molecule has 0 atom stereocenters. The molecule has 18 heavy (non-hydrogen) atoms. The first kappa shape index (κ1) is 16.9. The van der Waals surface area contributed by atoms with E-state index in [2.05, 4.69) is 26.1 Å². The van der Waals surface area contributed by atoms with E-state index >= 15 is 0 Å². The third kappa shape index (κ3) is 5.52. The van der Waals surface area contributed by atoms with Gasteiger partial charge in [0, 0.05) is 6.54 Å². The number of hydrogen-bond acceptors (Lipinski definition) is 2. The summed E-state index contributed by atoms with van der Waals surface area (Å²) in [5.41, 5.74) is -1.35. The van der Waals surface area contributed by atoms with Crippen molar-refractivity contribution in [2.45, 2.75) is 60.3 Å². The van der Waals surface area contributed by atoms with Gasteiger partial charge in [0.2, 0.25) is 5.91 Å². The maximum Gasteiger partial charge on any atom is 0.318 e. The number of aliphatic carboxylic acids is 1. The molecule has 0 saturated carbocycles. The lowest BCUT2D eigenvalue weighted by Gasteiger charge is -2.27. The van der Waals surface area contributed by atoms with Crippen LogP contribution in [0.2, 0.25) is 0 Å². The van der Waals surface area contributed by atoms with E-state index < -0.39 is 17.3 Å². The summed E-state index contributed by atoms with van der Waals surface area (Å²) in [6.45, 7) is 9.72. The lowest BCUT2D eigenvalue weighted by molar-refractivity contribution is -0.153. The molecule has 0 aliphatic heterocycles. The second kappa shape index (κ2) is 6.76. The van der Waals surface area contributed by atoms with E-state index in [1.807, 2.05) is 0 Å². The highest BCUT2D eigenvalue weighted by Crippen LogP contribution is 2.23. The minimum atomic E-state index is -1.36. The van der Waals surface area contributed by atoms with Crippen molar-refractivity contribution in [3.63, 3.8) is 0 Å². The molecule has 1 amide bonds. The van der Waals surface area contributed by atoms with Crippen molar-refractivity contribution in [2.24, 2.45) is 10.8 Å². The summed E-state index contributed by atoms with van der Waals surface area (Å²) in [4.78, 5) is 22.7. The average molecular weight is 257 g/mol. The number of carboxylic acids is 1. The molecular weight excluding hydrogens is 230 g/mol. The first-order chi connectivity index (χ1) is 8.13. The average Bonchev–Trinajstić information content (AvgIpc) is 2.25. The largest absolute Gasteiger partial charge is 0.480 e. The van der Waals surface area contributed by atoms with Crippen LogP contribution in [0.4, 0.5) is 0 Å². The first-order valence-corrected chi connectivity index (χ1v) is 6.65. The molecule has 106 valence electrons. The third-order valence-corrected chi connectivity index (χ3v) is 3.29. The van der Waals surface area contributed by atoms with Crippen molar-refractivity contribution in [1.82, 2.24) is 5.32 Å². The summed E-state index contributed by atoms with van der Waals surface area (Å²) >= 11 is 0. The Hall–Kier alpha value is -1.06. The van der Waals surface area contributed by atoms with Crippen molar-refractivity contribution >= 4 is 11.9 Å². The minimum Gasteiger partial charge on any atom is -0.480 e. The van der Waals surface area contributed by atoms with Crippen LogP contribution >= 0.6 is 0 Å². The zero-order valence-corrected chi connectivity index (χ0v) is 12.3. The predicted molar refractivity (Wildman–Crippen MR) is 72.3 cm³/mol. The van der Waals surface area contributed by atoms with Gasteiger partial charge >= 0.3 is 5.97 Å². The minimum absolute atomic E-state index is 0.0133. The van der Waals surface area contributed by atoms with Crippen LogP contribution in [0.3, 0.4) is 0 Å². The zero-order valence-electron chi connectivity index (χ0n) is 12.3. The molecule has 0 aliphatic rings. The predicted octanol–water partition coefficient (Wildman–Crippen LogP) is 2.82. The molecule has 0 unspecified atom stereocenters. The molecule has 4 heteroatoms. The molecule has 0 aromatic heterocycles. The monoisotopic (exact) mass is 257 g/mol. The number of unbranched alkanes of at least 4 members (excludes halogenated alkanes) is 2. The Morgan fingerprint density at radius 3 is 2.11 bits per heavy atom. The van der Waals surface area contributed by atoms with Gasteiger partial charge in [-0.25, -0.2) is 0 Å². The Balaban J connectivity index is 4.23. The third-order valence-electron chi connectivity index (χ3n) is 3.29. The Bertz CT molecular complexity index is 295. The number of carbonyl (C=O) groups is 2. The summed E-state index contributed by atoms with van der Waals surface area (Å²) in [5, 5.41) is 11.7. The Labute approximate surface area is 110 Å². The summed E-state index contributed by atoms with van der Waals surface area (Å²) in [7, 11) is 0. The van der Waals surface area contributed by atoms with E-state index in [9.17, 15) is 9.59 Å². The van der Waals surface area contributed by atoms with E-state index in [4.69, 9.17) is 5.11 Å². The van der Waals surface area contributed by atoms with Gasteiger partial charge in [-0.15, -0.1) is 0 Å². The molecule has 0 rings (SSSR count). The second-order valence-corrected chi connectivity index (χ2v) is 6.23. The lowest BCUT2D eigenvalue weighted by atomic mass is 9.86.